The summed E-state index contributed by atoms with van der Waals surface area (Å²) in [7, 11) is 2.19. The molecule has 4 nitrogen and oxygen atoms in total. The molecule has 116 valence electrons. The molecule has 1 aromatic heterocycles. The molecule has 3 heterocycles. The normalized spacial score (nSPS) is 26.8. The second kappa shape index (κ2) is 5.48. The third-order valence-corrected chi connectivity index (χ3v) is 5.36. The zero-order valence-corrected chi connectivity index (χ0v) is 13.6. The second-order valence-electron chi connectivity index (χ2n) is 6.61. The zero-order chi connectivity index (χ0) is 15.1. The summed E-state index contributed by atoms with van der Waals surface area (Å²) in [6, 6.07) is 0.907. The lowest BCUT2D eigenvalue weighted by Crippen LogP contribution is -2.47. The minimum absolute atomic E-state index is 0.171. The number of likely N-dealkylation sites (N-methyl/N-ethyl adjacent to an activating group) is 1. The van der Waals surface area contributed by atoms with Crippen LogP contribution in [-0.2, 0) is 0 Å². The van der Waals surface area contributed by atoms with Gasteiger partial charge in [-0.2, -0.15) is 0 Å². The number of carbonyl (C=O) groups is 1. The summed E-state index contributed by atoms with van der Waals surface area (Å²) < 4.78 is 5.65. The van der Waals surface area contributed by atoms with Gasteiger partial charge in [0.15, 0.2) is 0 Å². The van der Waals surface area contributed by atoms with Crippen LogP contribution in [-0.4, -0.2) is 47.9 Å². The topological polar surface area (TPSA) is 36.7 Å². The number of amides is 1. The van der Waals surface area contributed by atoms with Crippen LogP contribution in [0.3, 0.4) is 0 Å². The molecule has 1 amide bonds. The van der Waals surface area contributed by atoms with E-state index in [1.165, 1.54) is 12.8 Å². The molecule has 2 saturated heterocycles. The Balaban J connectivity index is 1.86. The lowest BCUT2D eigenvalue weighted by atomic mass is 10.0. The Bertz CT molecular complexity index is 549. The molecule has 2 aliphatic rings. The van der Waals surface area contributed by atoms with Gasteiger partial charge in [-0.25, -0.2) is 0 Å². The van der Waals surface area contributed by atoms with Crippen molar-refractivity contribution in [2.24, 2.45) is 0 Å². The van der Waals surface area contributed by atoms with E-state index in [2.05, 4.69) is 16.8 Å². The first-order chi connectivity index (χ1) is 10.0. The Labute approximate surface area is 127 Å². The lowest BCUT2D eigenvalue weighted by molar-refractivity contribution is 0.0662. The highest BCUT2D eigenvalue weighted by Gasteiger charge is 2.39. The van der Waals surface area contributed by atoms with E-state index in [4.69, 9.17) is 4.42 Å². The van der Waals surface area contributed by atoms with Crippen LogP contribution in [0.1, 0.15) is 53.1 Å². The van der Waals surface area contributed by atoms with Gasteiger partial charge in [0.25, 0.3) is 5.91 Å². The van der Waals surface area contributed by atoms with Crippen LogP contribution in [0.15, 0.2) is 4.42 Å². The van der Waals surface area contributed by atoms with Gasteiger partial charge < -0.3 is 14.2 Å². The zero-order valence-electron chi connectivity index (χ0n) is 13.6. The van der Waals surface area contributed by atoms with Crippen LogP contribution in [0.4, 0.5) is 0 Å². The highest BCUT2D eigenvalue weighted by molar-refractivity contribution is 5.97. The fraction of sp³-hybridized carbons (Fsp3) is 0.706. The van der Waals surface area contributed by atoms with Crippen molar-refractivity contribution < 1.29 is 9.21 Å². The molecule has 0 saturated carbocycles. The standard InChI is InChI=1S/C17H26N2O2/c1-11-12(2)21-13(3)16(11)17(20)19-10-6-8-15(19)14-7-5-9-18(14)4/h14-15H,5-10H2,1-4H3/t14-,15-/m1/s1. The number of rotatable bonds is 2. The van der Waals surface area contributed by atoms with Gasteiger partial charge >= 0.3 is 0 Å². The third kappa shape index (κ3) is 2.39. The Morgan fingerprint density at radius 2 is 1.71 bits per heavy atom. The average molecular weight is 290 g/mol. The number of aryl methyl sites for hydroxylation is 2. The SMILES string of the molecule is Cc1oc(C)c(C(=O)N2CCC[C@@H]2[C@H]2CCCN2C)c1C. The summed E-state index contributed by atoms with van der Waals surface area (Å²) in [5.41, 5.74) is 1.79. The van der Waals surface area contributed by atoms with E-state index >= 15 is 0 Å². The maximum atomic E-state index is 13.0. The molecule has 0 spiro atoms. The van der Waals surface area contributed by atoms with Crippen molar-refractivity contribution in [3.8, 4) is 0 Å². The predicted octanol–water partition coefficient (Wildman–Crippen LogP) is 2.90. The Hall–Kier alpha value is -1.29. The van der Waals surface area contributed by atoms with Gasteiger partial charge in [-0.3, -0.25) is 4.79 Å². The van der Waals surface area contributed by atoms with E-state index in [1.807, 2.05) is 20.8 Å². The van der Waals surface area contributed by atoms with Crippen molar-refractivity contribution in [2.45, 2.75) is 58.5 Å². The molecule has 3 rings (SSSR count). The first-order valence-electron chi connectivity index (χ1n) is 8.08. The van der Waals surface area contributed by atoms with E-state index < -0.39 is 0 Å². The van der Waals surface area contributed by atoms with Crippen LogP contribution >= 0.6 is 0 Å². The summed E-state index contributed by atoms with van der Waals surface area (Å²) in [5, 5.41) is 0. The fourth-order valence-corrected chi connectivity index (χ4v) is 4.12. The number of furan rings is 1. The van der Waals surface area contributed by atoms with E-state index in [1.54, 1.807) is 0 Å². The number of hydrogen-bond acceptors (Lipinski definition) is 3. The van der Waals surface area contributed by atoms with Crippen molar-refractivity contribution in [3.63, 3.8) is 0 Å². The van der Waals surface area contributed by atoms with Gasteiger partial charge in [-0.1, -0.05) is 0 Å². The van der Waals surface area contributed by atoms with Gasteiger partial charge in [0, 0.05) is 24.2 Å². The Morgan fingerprint density at radius 1 is 1.05 bits per heavy atom. The first kappa shape index (κ1) is 14.6. The van der Waals surface area contributed by atoms with Crippen molar-refractivity contribution in [3.05, 3.63) is 22.6 Å². The van der Waals surface area contributed by atoms with E-state index in [0.717, 1.165) is 48.6 Å². The number of likely N-dealkylation sites (tertiary alicyclic amines) is 2. The van der Waals surface area contributed by atoms with Crippen molar-refractivity contribution in [1.29, 1.82) is 0 Å². The van der Waals surface area contributed by atoms with Gasteiger partial charge in [0.1, 0.15) is 11.5 Å². The molecule has 0 radical (unpaired) electrons. The molecule has 0 aromatic carbocycles. The minimum Gasteiger partial charge on any atom is -0.466 e. The van der Waals surface area contributed by atoms with Crippen molar-refractivity contribution in [2.75, 3.05) is 20.1 Å². The first-order valence-corrected chi connectivity index (χ1v) is 8.08. The van der Waals surface area contributed by atoms with E-state index in [9.17, 15) is 4.79 Å². The molecule has 0 bridgehead atoms. The molecule has 0 N–H and O–H groups in total. The van der Waals surface area contributed by atoms with Crippen LogP contribution in [0.5, 0.6) is 0 Å². The van der Waals surface area contributed by atoms with Crippen molar-refractivity contribution >= 4 is 5.91 Å². The van der Waals surface area contributed by atoms with Crippen LogP contribution in [0.25, 0.3) is 0 Å². The molecule has 0 aliphatic carbocycles. The Morgan fingerprint density at radius 3 is 2.29 bits per heavy atom. The van der Waals surface area contributed by atoms with Crippen molar-refractivity contribution in [1.82, 2.24) is 9.80 Å². The number of carbonyl (C=O) groups excluding carboxylic acids is 1. The minimum atomic E-state index is 0.171. The lowest BCUT2D eigenvalue weighted by Gasteiger charge is -2.33. The van der Waals surface area contributed by atoms with Gasteiger partial charge in [0.2, 0.25) is 0 Å². The quantitative estimate of drug-likeness (QED) is 0.840. The molecular formula is C17H26N2O2. The summed E-state index contributed by atoms with van der Waals surface area (Å²) in [4.78, 5) is 17.6. The van der Waals surface area contributed by atoms with Gasteiger partial charge in [-0.15, -0.1) is 0 Å². The smallest absolute Gasteiger partial charge is 0.257 e. The summed E-state index contributed by atoms with van der Waals surface area (Å²) in [5.74, 6) is 1.80. The highest BCUT2D eigenvalue weighted by Crippen LogP contribution is 2.32. The highest BCUT2D eigenvalue weighted by atomic mass is 16.3. The summed E-state index contributed by atoms with van der Waals surface area (Å²) in [6.45, 7) is 7.88. The maximum absolute atomic E-state index is 13.0. The van der Waals surface area contributed by atoms with Crippen LogP contribution in [0, 0.1) is 20.8 Å². The third-order valence-electron chi connectivity index (χ3n) is 5.36. The fourth-order valence-electron chi connectivity index (χ4n) is 4.12. The molecule has 21 heavy (non-hydrogen) atoms. The molecule has 4 heteroatoms. The monoisotopic (exact) mass is 290 g/mol. The van der Waals surface area contributed by atoms with Gasteiger partial charge in [-0.05, 0) is 60.0 Å². The second-order valence-corrected chi connectivity index (χ2v) is 6.61. The Kier molecular flexibility index (Phi) is 3.82. The maximum Gasteiger partial charge on any atom is 0.257 e. The molecule has 0 unspecified atom stereocenters. The summed E-state index contributed by atoms with van der Waals surface area (Å²) >= 11 is 0. The predicted molar refractivity (Wildman–Crippen MR) is 82.6 cm³/mol. The molecule has 1 aromatic rings. The average Bonchev–Trinajstić information content (AvgIpc) is 3.10. The number of hydrogen-bond donors (Lipinski definition) is 0. The number of nitrogens with zero attached hydrogens (tertiary/aromatic N) is 2. The molecule has 2 fully saturated rings. The van der Waals surface area contributed by atoms with Gasteiger partial charge in [0.05, 0.1) is 5.56 Å². The molecular weight excluding hydrogens is 264 g/mol. The van der Waals surface area contributed by atoms with E-state index in [0.29, 0.717) is 12.1 Å². The molecule has 2 aliphatic heterocycles. The molecule has 2 atom stereocenters. The van der Waals surface area contributed by atoms with Crippen LogP contribution < -0.4 is 0 Å². The summed E-state index contributed by atoms with van der Waals surface area (Å²) in [6.07, 6.45) is 4.72. The van der Waals surface area contributed by atoms with Crippen LogP contribution in [0.2, 0.25) is 0 Å². The largest absolute Gasteiger partial charge is 0.466 e. The van der Waals surface area contributed by atoms with E-state index in [-0.39, 0.29) is 5.91 Å².